The number of halogens is 1. The number of fused-ring (bicyclic) bond motifs is 2. The van der Waals surface area contributed by atoms with Crippen LogP contribution in [0.1, 0.15) is 49.1 Å². The van der Waals surface area contributed by atoms with Crippen LogP contribution in [0.3, 0.4) is 0 Å². The summed E-state index contributed by atoms with van der Waals surface area (Å²) < 4.78 is 20.1. The van der Waals surface area contributed by atoms with E-state index in [0.29, 0.717) is 17.5 Å². The number of pyridine rings is 2. The van der Waals surface area contributed by atoms with E-state index in [9.17, 15) is 9.59 Å². The summed E-state index contributed by atoms with van der Waals surface area (Å²) in [6, 6.07) is 0. The normalized spacial score (nSPS) is 23.4. The second-order valence-electron chi connectivity index (χ2n) is 9.06. The van der Waals surface area contributed by atoms with Gasteiger partial charge in [-0.15, -0.1) is 0 Å². The minimum Gasteiger partial charge on any atom is -0.368 e. The molecule has 6 nitrogen and oxygen atoms in total. The molecular formula is C21H23FN4O2S. The zero-order chi connectivity index (χ0) is 20.1. The Labute approximate surface area is 170 Å². The summed E-state index contributed by atoms with van der Waals surface area (Å²) >= 11 is 1.23. The van der Waals surface area contributed by atoms with Gasteiger partial charge in [0, 0.05) is 18.6 Å². The molecule has 6 rings (SSSR count). The van der Waals surface area contributed by atoms with Crippen LogP contribution in [0.4, 0.5) is 10.1 Å². The van der Waals surface area contributed by atoms with E-state index in [1.165, 1.54) is 22.1 Å². The molecule has 4 heterocycles. The highest BCUT2D eigenvalue weighted by Gasteiger charge is 2.48. The molecule has 2 aliphatic carbocycles. The van der Waals surface area contributed by atoms with Crippen molar-refractivity contribution >= 4 is 32.8 Å². The van der Waals surface area contributed by atoms with Crippen molar-refractivity contribution in [3.63, 3.8) is 0 Å². The van der Waals surface area contributed by atoms with Crippen molar-refractivity contribution in [1.82, 2.24) is 8.77 Å². The standard InChI is InChI=1S/C21H23FN4O2S/c1-10-16(25-7-4-12(8-25)21(23)5-6-21)13(22)9-26-17(10)14(11-2-3-11)18-15(20(26)28)19(27)24-29-18/h9,11-12H,2-8,23H2,1H3,(H,24,27). The van der Waals surface area contributed by atoms with E-state index in [1.807, 2.05) is 6.92 Å². The Morgan fingerprint density at radius 2 is 2.03 bits per heavy atom. The lowest BCUT2D eigenvalue weighted by molar-refractivity contribution is 0.442. The molecule has 8 heteroatoms. The number of aryl methyl sites for hydroxylation is 1. The molecule has 1 atom stereocenters. The number of H-pyrrole nitrogens is 1. The van der Waals surface area contributed by atoms with E-state index < -0.39 is 11.4 Å². The molecule has 3 fully saturated rings. The maximum Gasteiger partial charge on any atom is 0.271 e. The molecule has 1 saturated heterocycles. The fourth-order valence-electron chi connectivity index (χ4n) is 5.24. The first kappa shape index (κ1) is 17.7. The number of aromatic amines is 1. The molecule has 3 aromatic rings. The second kappa shape index (κ2) is 5.70. The molecule has 0 aromatic carbocycles. The first-order chi connectivity index (χ1) is 13.9. The largest absolute Gasteiger partial charge is 0.368 e. The van der Waals surface area contributed by atoms with E-state index in [4.69, 9.17) is 5.73 Å². The fraction of sp³-hybridized carbons (Fsp3) is 0.524. The summed E-state index contributed by atoms with van der Waals surface area (Å²) in [5.41, 5.74) is 8.69. The molecule has 3 aliphatic rings. The molecule has 2 saturated carbocycles. The van der Waals surface area contributed by atoms with Crippen LogP contribution >= 0.6 is 11.5 Å². The number of nitrogens with one attached hydrogen (secondary N) is 1. The average molecular weight is 415 g/mol. The van der Waals surface area contributed by atoms with Gasteiger partial charge >= 0.3 is 0 Å². The van der Waals surface area contributed by atoms with E-state index in [-0.39, 0.29) is 16.5 Å². The monoisotopic (exact) mass is 414 g/mol. The molecule has 0 amide bonds. The average Bonchev–Trinajstić information content (AvgIpc) is 3.57. The van der Waals surface area contributed by atoms with Crippen molar-refractivity contribution in [1.29, 1.82) is 0 Å². The van der Waals surface area contributed by atoms with Crippen molar-refractivity contribution in [3.8, 4) is 0 Å². The Kier molecular flexibility index (Phi) is 3.47. The van der Waals surface area contributed by atoms with Crippen LogP contribution in [0.5, 0.6) is 0 Å². The zero-order valence-corrected chi connectivity index (χ0v) is 17.1. The smallest absolute Gasteiger partial charge is 0.271 e. The van der Waals surface area contributed by atoms with E-state index in [1.54, 1.807) is 0 Å². The number of anilines is 1. The third-order valence-electron chi connectivity index (χ3n) is 7.18. The number of nitrogens with two attached hydrogens (primary N) is 1. The van der Waals surface area contributed by atoms with Gasteiger partial charge in [-0.3, -0.25) is 18.4 Å². The van der Waals surface area contributed by atoms with Crippen LogP contribution < -0.4 is 21.8 Å². The lowest BCUT2D eigenvalue weighted by Crippen LogP contribution is -2.35. The topological polar surface area (TPSA) is 83.6 Å². The Morgan fingerprint density at radius 3 is 2.72 bits per heavy atom. The third kappa shape index (κ3) is 2.42. The first-order valence-corrected chi connectivity index (χ1v) is 11.1. The summed E-state index contributed by atoms with van der Waals surface area (Å²) in [5, 5.41) is 0.154. The van der Waals surface area contributed by atoms with Crippen LogP contribution in [-0.2, 0) is 0 Å². The summed E-state index contributed by atoms with van der Waals surface area (Å²) in [6.45, 7) is 3.44. The Bertz CT molecular complexity index is 1300. The maximum absolute atomic E-state index is 15.3. The minimum atomic E-state index is -0.436. The van der Waals surface area contributed by atoms with Gasteiger partial charge in [0.25, 0.3) is 11.1 Å². The van der Waals surface area contributed by atoms with Crippen molar-refractivity contribution < 1.29 is 4.39 Å². The van der Waals surface area contributed by atoms with Gasteiger partial charge in [0.1, 0.15) is 5.39 Å². The van der Waals surface area contributed by atoms with Gasteiger partial charge < -0.3 is 10.6 Å². The molecule has 29 heavy (non-hydrogen) atoms. The predicted octanol–water partition coefficient (Wildman–Crippen LogP) is 2.85. The van der Waals surface area contributed by atoms with E-state index in [0.717, 1.165) is 66.5 Å². The summed E-state index contributed by atoms with van der Waals surface area (Å²) in [5.74, 6) is 0.300. The van der Waals surface area contributed by atoms with E-state index in [2.05, 4.69) is 9.27 Å². The second-order valence-corrected chi connectivity index (χ2v) is 9.88. The Balaban J connectivity index is 1.61. The maximum atomic E-state index is 15.3. The van der Waals surface area contributed by atoms with Gasteiger partial charge in [-0.05, 0) is 62.0 Å². The van der Waals surface area contributed by atoms with Crippen molar-refractivity contribution in [2.24, 2.45) is 11.7 Å². The molecule has 152 valence electrons. The number of nitrogens with zero attached hydrogens (tertiary/aromatic N) is 2. The minimum absolute atomic E-state index is 0.0738. The van der Waals surface area contributed by atoms with Gasteiger partial charge in [-0.2, -0.15) is 0 Å². The molecule has 3 N–H and O–H groups in total. The molecular weight excluding hydrogens is 391 g/mol. The third-order valence-corrected chi connectivity index (χ3v) is 8.10. The number of aromatic nitrogens is 2. The molecule has 1 unspecified atom stereocenters. The van der Waals surface area contributed by atoms with Crippen LogP contribution in [0.2, 0.25) is 0 Å². The van der Waals surface area contributed by atoms with Crippen LogP contribution in [0, 0.1) is 18.7 Å². The molecule has 0 bridgehead atoms. The molecule has 0 spiro atoms. The molecule has 1 aliphatic heterocycles. The van der Waals surface area contributed by atoms with Gasteiger partial charge in [0.2, 0.25) is 0 Å². The number of hydrogen-bond acceptors (Lipinski definition) is 5. The lowest BCUT2D eigenvalue weighted by Gasteiger charge is -2.25. The summed E-state index contributed by atoms with van der Waals surface area (Å²) in [6.07, 6.45) is 6.42. The van der Waals surface area contributed by atoms with Gasteiger partial charge in [-0.1, -0.05) is 11.5 Å². The first-order valence-electron chi connectivity index (χ1n) is 10.3. The highest BCUT2D eigenvalue weighted by molar-refractivity contribution is 7.13. The van der Waals surface area contributed by atoms with Gasteiger partial charge in [0.05, 0.1) is 22.1 Å². The summed E-state index contributed by atoms with van der Waals surface area (Å²) in [4.78, 5) is 27.4. The van der Waals surface area contributed by atoms with Gasteiger partial charge in [0.15, 0.2) is 5.82 Å². The van der Waals surface area contributed by atoms with Crippen LogP contribution in [0.15, 0.2) is 15.8 Å². The molecule has 3 aromatic heterocycles. The Hall–Kier alpha value is -2.19. The van der Waals surface area contributed by atoms with E-state index >= 15 is 4.39 Å². The summed E-state index contributed by atoms with van der Waals surface area (Å²) in [7, 11) is 0. The zero-order valence-electron chi connectivity index (χ0n) is 16.3. The van der Waals surface area contributed by atoms with Gasteiger partial charge in [-0.25, -0.2) is 4.39 Å². The predicted molar refractivity (Wildman–Crippen MR) is 113 cm³/mol. The number of rotatable bonds is 3. The van der Waals surface area contributed by atoms with Crippen LogP contribution in [0.25, 0.3) is 15.6 Å². The van der Waals surface area contributed by atoms with Crippen LogP contribution in [-0.4, -0.2) is 27.4 Å². The fourth-order valence-corrected chi connectivity index (χ4v) is 6.19. The SMILES string of the molecule is Cc1c(N2CCC(C3(N)CC3)C2)c(F)cn2c(=O)c3c(=O)[nH]sc3c(C3CC3)c12. The van der Waals surface area contributed by atoms with Crippen molar-refractivity contribution in [2.75, 3.05) is 18.0 Å². The molecule has 0 radical (unpaired) electrons. The Morgan fingerprint density at radius 1 is 1.28 bits per heavy atom. The van der Waals surface area contributed by atoms with Crippen molar-refractivity contribution in [3.05, 3.63) is 43.8 Å². The van der Waals surface area contributed by atoms with Crippen molar-refractivity contribution in [2.45, 2.75) is 50.5 Å². The quantitative estimate of drug-likeness (QED) is 0.690. The highest BCUT2D eigenvalue weighted by atomic mass is 32.1. The highest BCUT2D eigenvalue weighted by Crippen LogP contribution is 2.48. The lowest BCUT2D eigenvalue weighted by atomic mass is 9.97. The number of hydrogen-bond donors (Lipinski definition) is 2.